The van der Waals surface area contributed by atoms with E-state index in [4.69, 9.17) is 5.11 Å². The Hall–Kier alpha value is -1.14. The molecule has 2 atom stereocenters. The van der Waals surface area contributed by atoms with Crippen LogP contribution in [0.15, 0.2) is 0 Å². The van der Waals surface area contributed by atoms with Gasteiger partial charge >= 0.3 is 5.97 Å². The number of aliphatic hydroxyl groups is 2. The Labute approximate surface area is 87.4 Å². The number of β-amino-alcohol motifs (C(OH)–C–C–N with tert-alkyl or cyclic N) is 1. The van der Waals surface area contributed by atoms with E-state index in [2.05, 4.69) is 4.74 Å². The summed E-state index contributed by atoms with van der Waals surface area (Å²) in [6, 6.07) is 0. The number of likely N-dealkylation sites (tertiary alicyclic amines) is 1. The van der Waals surface area contributed by atoms with Gasteiger partial charge in [-0.15, -0.1) is 0 Å². The van der Waals surface area contributed by atoms with Crippen LogP contribution in [0.3, 0.4) is 0 Å². The molecule has 0 unspecified atom stereocenters. The lowest BCUT2D eigenvalue weighted by Crippen LogP contribution is -2.49. The number of hydrogen-bond acceptors (Lipinski definition) is 5. The topological polar surface area (TPSA) is 87.1 Å². The Morgan fingerprint density at radius 2 is 2.13 bits per heavy atom. The molecule has 6 heteroatoms. The third-order valence-corrected chi connectivity index (χ3v) is 2.45. The van der Waals surface area contributed by atoms with Crippen molar-refractivity contribution in [2.45, 2.75) is 12.5 Å². The molecule has 0 aromatic heterocycles. The number of carbonyl (C=O) groups excluding carboxylic acids is 2. The summed E-state index contributed by atoms with van der Waals surface area (Å²) >= 11 is 0. The Morgan fingerprint density at radius 3 is 2.67 bits per heavy atom. The van der Waals surface area contributed by atoms with E-state index in [0.29, 0.717) is 6.42 Å². The molecular formula is C9H15NO5. The molecule has 15 heavy (non-hydrogen) atoms. The van der Waals surface area contributed by atoms with Crippen LogP contribution in [0, 0.1) is 5.92 Å². The number of aliphatic hydroxyl groups excluding tert-OH is 2. The second-order valence-corrected chi connectivity index (χ2v) is 3.57. The minimum Gasteiger partial charge on any atom is -0.469 e. The maximum absolute atomic E-state index is 11.2. The molecule has 0 aromatic rings. The number of piperidine rings is 1. The number of nitrogens with zero attached hydrogens (tertiary/aromatic N) is 1. The summed E-state index contributed by atoms with van der Waals surface area (Å²) in [6.07, 6.45) is -0.444. The first-order chi connectivity index (χ1) is 7.08. The maximum atomic E-state index is 11.2. The predicted molar refractivity (Wildman–Crippen MR) is 49.8 cm³/mol. The molecule has 1 rings (SSSR count). The van der Waals surface area contributed by atoms with Gasteiger partial charge in [0.05, 0.1) is 19.1 Å². The van der Waals surface area contributed by atoms with Gasteiger partial charge in [0.25, 0.3) is 0 Å². The van der Waals surface area contributed by atoms with Crippen molar-refractivity contribution < 1.29 is 24.5 Å². The normalized spacial score (nSPS) is 26.2. The number of hydrogen-bond donors (Lipinski definition) is 2. The summed E-state index contributed by atoms with van der Waals surface area (Å²) in [5, 5.41) is 18.1. The van der Waals surface area contributed by atoms with Gasteiger partial charge in [-0.25, -0.2) is 0 Å². The zero-order chi connectivity index (χ0) is 11.4. The molecule has 1 aliphatic heterocycles. The highest BCUT2D eigenvalue weighted by molar-refractivity contribution is 5.79. The first-order valence-corrected chi connectivity index (χ1v) is 4.73. The van der Waals surface area contributed by atoms with Crippen molar-refractivity contribution in [2.75, 3.05) is 26.8 Å². The fourth-order valence-electron chi connectivity index (χ4n) is 1.71. The van der Waals surface area contributed by atoms with Crippen molar-refractivity contribution in [3.63, 3.8) is 0 Å². The Kier molecular flexibility index (Phi) is 4.05. The molecule has 0 saturated carbocycles. The van der Waals surface area contributed by atoms with E-state index in [0.717, 1.165) is 0 Å². The van der Waals surface area contributed by atoms with Gasteiger partial charge in [0, 0.05) is 13.1 Å². The fourth-order valence-corrected chi connectivity index (χ4v) is 1.71. The molecule has 6 nitrogen and oxygen atoms in total. The Balaban J connectivity index is 2.63. The highest BCUT2D eigenvalue weighted by Crippen LogP contribution is 2.18. The lowest BCUT2D eigenvalue weighted by molar-refractivity contribution is -0.152. The maximum Gasteiger partial charge on any atom is 0.310 e. The number of carbonyl (C=O) groups is 2. The molecule has 0 bridgehead atoms. The van der Waals surface area contributed by atoms with Crippen LogP contribution in [-0.2, 0) is 14.3 Å². The van der Waals surface area contributed by atoms with Gasteiger partial charge < -0.3 is 19.8 Å². The van der Waals surface area contributed by atoms with E-state index in [1.165, 1.54) is 12.0 Å². The summed E-state index contributed by atoms with van der Waals surface area (Å²) in [6.45, 7) is -0.253. The standard InChI is InChI=1S/C9H15NO5/c1-15-9(14)6-2-7(12)4-10(3-6)8(13)5-11/h6-7,11-12H,2-5H2,1H3/t6-,7-/m1/s1. The molecular weight excluding hydrogens is 202 g/mol. The molecule has 0 aliphatic carbocycles. The van der Waals surface area contributed by atoms with Crippen LogP contribution in [0.5, 0.6) is 0 Å². The first-order valence-electron chi connectivity index (χ1n) is 4.73. The van der Waals surface area contributed by atoms with Crippen LogP contribution in [-0.4, -0.2) is 59.9 Å². The van der Waals surface area contributed by atoms with E-state index in [1.807, 2.05) is 0 Å². The van der Waals surface area contributed by atoms with Gasteiger partial charge in [-0.2, -0.15) is 0 Å². The molecule has 1 heterocycles. The number of rotatable bonds is 2. The molecule has 0 spiro atoms. The van der Waals surface area contributed by atoms with Crippen molar-refractivity contribution in [2.24, 2.45) is 5.92 Å². The second-order valence-electron chi connectivity index (χ2n) is 3.57. The smallest absolute Gasteiger partial charge is 0.310 e. The van der Waals surface area contributed by atoms with Gasteiger partial charge in [-0.3, -0.25) is 9.59 Å². The van der Waals surface area contributed by atoms with Crippen molar-refractivity contribution >= 4 is 11.9 Å². The lowest BCUT2D eigenvalue weighted by atomic mass is 9.96. The van der Waals surface area contributed by atoms with Crippen molar-refractivity contribution in [3.05, 3.63) is 0 Å². The highest BCUT2D eigenvalue weighted by Gasteiger charge is 2.33. The molecule has 0 aromatic carbocycles. The van der Waals surface area contributed by atoms with E-state index in [-0.39, 0.29) is 13.1 Å². The monoisotopic (exact) mass is 217 g/mol. The SMILES string of the molecule is COC(=O)[C@@H]1C[C@@H](O)CN(C(=O)CO)C1. The number of ether oxygens (including phenoxy) is 1. The summed E-state index contributed by atoms with van der Waals surface area (Å²) in [7, 11) is 1.27. The zero-order valence-electron chi connectivity index (χ0n) is 8.55. The summed E-state index contributed by atoms with van der Waals surface area (Å²) in [5.74, 6) is -1.43. The average molecular weight is 217 g/mol. The average Bonchev–Trinajstić information content (AvgIpc) is 2.26. The number of esters is 1. The van der Waals surface area contributed by atoms with Crippen LogP contribution in [0.25, 0.3) is 0 Å². The largest absolute Gasteiger partial charge is 0.469 e. The number of methoxy groups -OCH3 is 1. The Morgan fingerprint density at radius 1 is 1.47 bits per heavy atom. The van der Waals surface area contributed by atoms with Gasteiger partial charge in [-0.1, -0.05) is 0 Å². The summed E-state index contributed by atoms with van der Waals surface area (Å²) in [4.78, 5) is 23.7. The predicted octanol–water partition coefficient (Wildman–Crippen LogP) is -1.64. The van der Waals surface area contributed by atoms with E-state index < -0.39 is 30.5 Å². The van der Waals surface area contributed by atoms with Crippen LogP contribution < -0.4 is 0 Å². The minimum absolute atomic E-state index is 0.160. The van der Waals surface area contributed by atoms with Crippen LogP contribution >= 0.6 is 0 Å². The molecule has 1 saturated heterocycles. The third kappa shape index (κ3) is 2.90. The quantitative estimate of drug-likeness (QED) is 0.542. The van der Waals surface area contributed by atoms with Crippen molar-refractivity contribution in [1.29, 1.82) is 0 Å². The van der Waals surface area contributed by atoms with E-state index in [9.17, 15) is 14.7 Å². The fraction of sp³-hybridized carbons (Fsp3) is 0.778. The van der Waals surface area contributed by atoms with Gasteiger partial charge in [-0.05, 0) is 6.42 Å². The lowest BCUT2D eigenvalue weighted by Gasteiger charge is -2.33. The van der Waals surface area contributed by atoms with Crippen molar-refractivity contribution in [3.8, 4) is 0 Å². The summed E-state index contributed by atoms with van der Waals surface area (Å²) in [5.41, 5.74) is 0. The molecule has 0 radical (unpaired) electrons. The van der Waals surface area contributed by atoms with Crippen molar-refractivity contribution in [1.82, 2.24) is 4.90 Å². The van der Waals surface area contributed by atoms with E-state index in [1.54, 1.807) is 0 Å². The highest BCUT2D eigenvalue weighted by atomic mass is 16.5. The van der Waals surface area contributed by atoms with Gasteiger partial charge in [0.1, 0.15) is 6.61 Å². The molecule has 1 fully saturated rings. The van der Waals surface area contributed by atoms with Crippen LogP contribution in [0.2, 0.25) is 0 Å². The third-order valence-electron chi connectivity index (χ3n) is 2.45. The molecule has 2 N–H and O–H groups in total. The molecule has 1 amide bonds. The zero-order valence-corrected chi connectivity index (χ0v) is 8.55. The van der Waals surface area contributed by atoms with Crippen LogP contribution in [0.1, 0.15) is 6.42 Å². The summed E-state index contributed by atoms with van der Waals surface area (Å²) < 4.78 is 4.55. The first kappa shape index (κ1) is 11.9. The minimum atomic E-state index is -0.738. The van der Waals surface area contributed by atoms with Gasteiger partial charge in [0.2, 0.25) is 5.91 Å². The van der Waals surface area contributed by atoms with E-state index >= 15 is 0 Å². The second kappa shape index (κ2) is 5.09. The molecule has 1 aliphatic rings. The van der Waals surface area contributed by atoms with Gasteiger partial charge in [0.15, 0.2) is 0 Å². The van der Waals surface area contributed by atoms with Crippen LogP contribution in [0.4, 0.5) is 0 Å². The Bertz CT molecular complexity index is 231. The molecule has 86 valence electrons. The number of amides is 1.